The highest BCUT2D eigenvalue weighted by Crippen LogP contribution is 2.24. The summed E-state index contributed by atoms with van der Waals surface area (Å²) in [6, 6.07) is 13.9. The first-order valence-electron chi connectivity index (χ1n) is 6.66. The van der Waals surface area contributed by atoms with Gasteiger partial charge in [0.05, 0.1) is 23.0 Å². The van der Waals surface area contributed by atoms with E-state index in [1.165, 1.54) is 17.7 Å². The molecule has 0 N–H and O–H groups in total. The largest absolute Gasteiger partial charge is 0.454 e. The van der Waals surface area contributed by atoms with Gasteiger partial charge in [-0.05, 0) is 31.2 Å². The number of benzene rings is 2. The second kappa shape index (κ2) is 5.69. The van der Waals surface area contributed by atoms with E-state index in [1.54, 1.807) is 29.2 Å². The van der Waals surface area contributed by atoms with Gasteiger partial charge >= 0.3 is 0 Å². The van der Waals surface area contributed by atoms with Crippen LogP contribution in [0.5, 0.6) is 11.5 Å². The summed E-state index contributed by atoms with van der Waals surface area (Å²) >= 11 is 0. The van der Waals surface area contributed by atoms with E-state index in [4.69, 9.17) is 4.74 Å². The lowest BCUT2D eigenvalue weighted by Crippen LogP contribution is -1.93. The Balaban J connectivity index is 1.76. The van der Waals surface area contributed by atoms with E-state index in [0.717, 1.165) is 5.69 Å². The summed E-state index contributed by atoms with van der Waals surface area (Å²) in [4.78, 5) is 10.2. The molecule has 2 aromatic carbocycles. The Labute approximate surface area is 126 Å². The van der Waals surface area contributed by atoms with Crippen molar-refractivity contribution in [2.24, 2.45) is 0 Å². The Morgan fingerprint density at radius 2 is 1.73 bits per heavy atom. The quantitative estimate of drug-likeness (QED) is 0.541. The molecule has 0 amide bonds. The molecule has 1 aromatic heterocycles. The SMILES string of the molecule is Cc1ccc(-n2cc(Oc3ccc([N+](=O)[O-])cc3)cn2)cc1. The zero-order chi connectivity index (χ0) is 15.5. The van der Waals surface area contributed by atoms with Crippen LogP contribution in [0.15, 0.2) is 60.9 Å². The molecule has 0 atom stereocenters. The molecule has 6 nitrogen and oxygen atoms in total. The summed E-state index contributed by atoms with van der Waals surface area (Å²) in [5.74, 6) is 1.09. The first-order valence-corrected chi connectivity index (χ1v) is 6.66. The third-order valence-electron chi connectivity index (χ3n) is 3.14. The lowest BCUT2D eigenvalue weighted by molar-refractivity contribution is -0.384. The van der Waals surface area contributed by atoms with Gasteiger partial charge in [0.2, 0.25) is 0 Å². The molecule has 0 saturated carbocycles. The molecule has 0 fully saturated rings. The van der Waals surface area contributed by atoms with Crippen LogP contribution in [0.4, 0.5) is 5.69 Å². The highest BCUT2D eigenvalue weighted by Gasteiger charge is 2.07. The Morgan fingerprint density at radius 1 is 1.05 bits per heavy atom. The van der Waals surface area contributed by atoms with Gasteiger partial charge in [0.1, 0.15) is 5.75 Å². The zero-order valence-electron chi connectivity index (χ0n) is 11.8. The normalized spacial score (nSPS) is 10.4. The summed E-state index contributed by atoms with van der Waals surface area (Å²) in [6.45, 7) is 2.02. The number of non-ortho nitro benzene ring substituents is 1. The molecule has 3 aromatic rings. The smallest absolute Gasteiger partial charge is 0.269 e. The Morgan fingerprint density at radius 3 is 2.36 bits per heavy atom. The molecule has 0 aliphatic heterocycles. The van der Waals surface area contributed by atoms with Gasteiger partial charge < -0.3 is 4.74 Å². The number of rotatable bonds is 4. The summed E-state index contributed by atoms with van der Waals surface area (Å²) < 4.78 is 7.34. The first-order chi connectivity index (χ1) is 10.6. The number of ether oxygens (including phenoxy) is 1. The third kappa shape index (κ3) is 2.95. The van der Waals surface area contributed by atoms with Gasteiger partial charge in [0.15, 0.2) is 5.75 Å². The Hall–Kier alpha value is -3.15. The summed E-state index contributed by atoms with van der Waals surface area (Å²) in [5.41, 5.74) is 2.14. The van der Waals surface area contributed by atoms with Crippen molar-refractivity contribution in [3.63, 3.8) is 0 Å². The molecule has 0 radical (unpaired) electrons. The molecule has 22 heavy (non-hydrogen) atoms. The minimum absolute atomic E-state index is 0.0303. The van der Waals surface area contributed by atoms with Gasteiger partial charge in [-0.25, -0.2) is 4.68 Å². The van der Waals surface area contributed by atoms with Crippen LogP contribution in [0.25, 0.3) is 5.69 Å². The van der Waals surface area contributed by atoms with Crippen molar-refractivity contribution in [3.8, 4) is 17.2 Å². The van der Waals surface area contributed by atoms with Crippen molar-refractivity contribution >= 4 is 5.69 Å². The lowest BCUT2D eigenvalue weighted by Gasteiger charge is -2.02. The molecule has 6 heteroatoms. The van der Waals surface area contributed by atoms with Gasteiger partial charge in [-0.15, -0.1) is 0 Å². The van der Waals surface area contributed by atoms with E-state index in [2.05, 4.69) is 5.10 Å². The maximum absolute atomic E-state index is 10.6. The Bertz CT molecular complexity index is 792. The van der Waals surface area contributed by atoms with Crippen LogP contribution >= 0.6 is 0 Å². The summed E-state index contributed by atoms with van der Waals surface area (Å²) in [5, 5.41) is 14.8. The molecule has 1 heterocycles. The fourth-order valence-corrected chi connectivity index (χ4v) is 1.97. The topological polar surface area (TPSA) is 70.2 Å². The van der Waals surface area contributed by atoms with E-state index >= 15 is 0 Å². The van der Waals surface area contributed by atoms with E-state index < -0.39 is 4.92 Å². The third-order valence-corrected chi connectivity index (χ3v) is 3.14. The molecule has 110 valence electrons. The minimum Gasteiger partial charge on any atom is -0.454 e. The molecule has 0 bridgehead atoms. The van der Waals surface area contributed by atoms with Crippen LogP contribution in [0, 0.1) is 17.0 Å². The average molecular weight is 295 g/mol. The van der Waals surface area contributed by atoms with Gasteiger partial charge in [-0.1, -0.05) is 17.7 Å². The number of nitro groups is 1. The molecule has 3 rings (SSSR count). The van der Waals surface area contributed by atoms with Crippen LogP contribution in [0.2, 0.25) is 0 Å². The zero-order valence-corrected chi connectivity index (χ0v) is 11.8. The maximum Gasteiger partial charge on any atom is 0.269 e. The monoisotopic (exact) mass is 295 g/mol. The highest BCUT2D eigenvalue weighted by molar-refractivity contribution is 5.39. The maximum atomic E-state index is 10.6. The van der Waals surface area contributed by atoms with Crippen LogP contribution in [-0.4, -0.2) is 14.7 Å². The van der Waals surface area contributed by atoms with Gasteiger partial charge in [0, 0.05) is 12.1 Å². The number of nitro benzene ring substituents is 1. The fourth-order valence-electron chi connectivity index (χ4n) is 1.97. The van der Waals surface area contributed by atoms with Crippen molar-refractivity contribution in [2.75, 3.05) is 0 Å². The van der Waals surface area contributed by atoms with Crippen LogP contribution in [-0.2, 0) is 0 Å². The van der Waals surface area contributed by atoms with Crippen LogP contribution in [0.3, 0.4) is 0 Å². The highest BCUT2D eigenvalue weighted by atomic mass is 16.6. The lowest BCUT2D eigenvalue weighted by atomic mass is 10.2. The number of hydrogen-bond donors (Lipinski definition) is 0. The molecular weight excluding hydrogens is 282 g/mol. The molecular formula is C16H13N3O3. The standard InChI is InChI=1S/C16H13N3O3/c1-12-2-4-13(5-3-12)18-11-16(10-17-18)22-15-8-6-14(7-9-15)19(20)21/h2-11H,1H3. The average Bonchev–Trinajstić information content (AvgIpc) is 2.97. The van der Waals surface area contributed by atoms with Crippen LogP contribution < -0.4 is 4.74 Å². The first kappa shape index (κ1) is 13.8. The van der Waals surface area contributed by atoms with Crippen molar-refractivity contribution in [1.29, 1.82) is 0 Å². The number of aromatic nitrogens is 2. The second-order valence-corrected chi connectivity index (χ2v) is 4.81. The van der Waals surface area contributed by atoms with E-state index in [-0.39, 0.29) is 5.69 Å². The van der Waals surface area contributed by atoms with Crippen molar-refractivity contribution < 1.29 is 9.66 Å². The molecule has 0 aliphatic rings. The van der Waals surface area contributed by atoms with E-state index in [9.17, 15) is 10.1 Å². The number of nitrogens with zero attached hydrogens (tertiary/aromatic N) is 3. The van der Waals surface area contributed by atoms with Crippen molar-refractivity contribution in [3.05, 3.63) is 76.6 Å². The minimum atomic E-state index is -0.445. The number of hydrogen-bond acceptors (Lipinski definition) is 4. The predicted molar refractivity (Wildman–Crippen MR) is 81.5 cm³/mol. The predicted octanol–water partition coefficient (Wildman–Crippen LogP) is 3.88. The Kier molecular flexibility index (Phi) is 3.57. The number of aryl methyl sites for hydroxylation is 1. The molecule has 0 unspecified atom stereocenters. The summed E-state index contributed by atoms with van der Waals surface area (Å²) in [6.07, 6.45) is 3.35. The van der Waals surface area contributed by atoms with E-state index in [0.29, 0.717) is 11.5 Å². The van der Waals surface area contributed by atoms with Crippen molar-refractivity contribution in [2.45, 2.75) is 6.92 Å². The molecule has 0 aliphatic carbocycles. The van der Waals surface area contributed by atoms with E-state index in [1.807, 2.05) is 31.2 Å². The molecule has 0 saturated heterocycles. The molecule has 0 spiro atoms. The fraction of sp³-hybridized carbons (Fsp3) is 0.0625. The van der Waals surface area contributed by atoms with Gasteiger partial charge in [-0.2, -0.15) is 5.10 Å². The van der Waals surface area contributed by atoms with Crippen molar-refractivity contribution in [1.82, 2.24) is 9.78 Å². The van der Waals surface area contributed by atoms with Gasteiger partial charge in [-0.3, -0.25) is 10.1 Å². The van der Waals surface area contributed by atoms with Gasteiger partial charge in [0.25, 0.3) is 5.69 Å². The summed E-state index contributed by atoms with van der Waals surface area (Å²) in [7, 11) is 0. The van der Waals surface area contributed by atoms with Crippen LogP contribution in [0.1, 0.15) is 5.56 Å². The second-order valence-electron chi connectivity index (χ2n) is 4.81.